The molecule has 1 aliphatic heterocycles. The quantitative estimate of drug-likeness (QED) is 0.668. The summed E-state index contributed by atoms with van der Waals surface area (Å²) in [5, 5.41) is 5.64. The van der Waals surface area contributed by atoms with Crippen LogP contribution in [-0.4, -0.2) is 48.9 Å². The van der Waals surface area contributed by atoms with Gasteiger partial charge in [0.1, 0.15) is 0 Å². The van der Waals surface area contributed by atoms with Crippen molar-refractivity contribution in [3.63, 3.8) is 0 Å². The molecule has 1 fully saturated rings. The number of carbonyl (C=O) groups excluding carboxylic acids is 2. The van der Waals surface area contributed by atoms with E-state index in [0.717, 1.165) is 25.9 Å². The molecular formula is C13H23N3O2. The minimum Gasteiger partial charge on any atom is -0.351 e. The molecule has 2 N–H and O–H groups in total. The lowest BCUT2D eigenvalue weighted by molar-refractivity contribution is -0.131. The fraction of sp³-hybridized carbons (Fsp3) is 0.692. The van der Waals surface area contributed by atoms with Crippen molar-refractivity contribution in [2.75, 3.05) is 26.2 Å². The number of nitrogens with zero attached hydrogens (tertiary/aromatic N) is 1. The first kappa shape index (κ1) is 14.7. The number of hydrogen-bond acceptors (Lipinski definition) is 3. The molecule has 1 aliphatic rings. The van der Waals surface area contributed by atoms with Crippen LogP contribution in [0.5, 0.6) is 0 Å². The molecule has 0 aromatic rings. The van der Waals surface area contributed by atoms with Gasteiger partial charge in [0, 0.05) is 19.6 Å². The Morgan fingerprint density at radius 3 is 2.61 bits per heavy atom. The topological polar surface area (TPSA) is 61.4 Å². The van der Waals surface area contributed by atoms with E-state index in [-0.39, 0.29) is 24.4 Å². The zero-order valence-corrected chi connectivity index (χ0v) is 11.1. The van der Waals surface area contributed by atoms with Crippen LogP contribution < -0.4 is 10.6 Å². The van der Waals surface area contributed by atoms with E-state index < -0.39 is 0 Å². The van der Waals surface area contributed by atoms with Crippen LogP contribution in [0.3, 0.4) is 0 Å². The highest BCUT2D eigenvalue weighted by Crippen LogP contribution is 2.08. The first-order valence-corrected chi connectivity index (χ1v) is 6.55. The van der Waals surface area contributed by atoms with E-state index in [1.165, 1.54) is 6.42 Å². The molecule has 2 amide bonds. The van der Waals surface area contributed by atoms with Gasteiger partial charge < -0.3 is 10.2 Å². The number of hydrogen-bond donors (Lipinski definition) is 2. The first-order chi connectivity index (χ1) is 8.65. The maximum Gasteiger partial charge on any atom is 0.237 e. The van der Waals surface area contributed by atoms with Crippen LogP contribution in [0.25, 0.3) is 0 Å². The number of piperidine rings is 1. The Kier molecular flexibility index (Phi) is 6.43. The zero-order chi connectivity index (χ0) is 13.4. The molecule has 0 saturated carbocycles. The molecule has 18 heavy (non-hydrogen) atoms. The second-order valence-electron chi connectivity index (χ2n) is 4.58. The Morgan fingerprint density at radius 2 is 2.00 bits per heavy atom. The largest absolute Gasteiger partial charge is 0.351 e. The molecule has 0 aliphatic carbocycles. The summed E-state index contributed by atoms with van der Waals surface area (Å²) in [5.41, 5.74) is 0. The van der Waals surface area contributed by atoms with Gasteiger partial charge in [-0.3, -0.25) is 14.9 Å². The summed E-state index contributed by atoms with van der Waals surface area (Å²) in [6.07, 6.45) is 5.00. The molecular weight excluding hydrogens is 230 g/mol. The van der Waals surface area contributed by atoms with Crippen LogP contribution in [-0.2, 0) is 9.59 Å². The summed E-state index contributed by atoms with van der Waals surface area (Å²) in [5.74, 6) is -0.0283. The summed E-state index contributed by atoms with van der Waals surface area (Å²) in [6, 6.07) is -0.362. The van der Waals surface area contributed by atoms with Gasteiger partial charge in [-0.2, -0.15) is 0 Å². The SMILES string of the molecule is C=CCNC(=O)C(C)NCC(=O)N1CCCCC1. The molecule has 5 nitrogen and oxygen atoms in total. The second-order valence-corrected chi connectivity index (χ2v) is 4.58. The van der Waals surface area contributed by atoms with Crippen molar-refractivity contribution >= 4 is 11.8 Å². The van der Waals surface area contributed by atoms with Gasteiger partial charge in [0.2, 0.25) is 11.8 Å². The first-order valence-electron chi connectivity index (χ1n) is 6.55. The molecule has 0 bridgehead atoms. The summed E-state index contributed by atoms with van der Waals surface area (Å²) < 4.78 is 0. The van der Waals surface area contributed by atoms with E-state index >= 15 is 0 Å². The van der Waals surface area contributed by atoms with E-state index in [1.54, 1.807) is 13.0 Å². The van der Waals surface area contributed by atoms with Crippen LogP contribution in [0.1, 0.15) is 26.2 Å². The van der Waals surface area contributed by atoms with Gasteiger partial charge in [-0.05, 0) is 26.2 Å². The minimum atomic E-state index is -0.362. The van der Waals surface area contributed by atoms with Gasteiger partial charge in [0.15, 0.2) is 0 Å². The zero-order valence-electron chi connectivity index (χ0n) is 11.1. The van der Waals surface area contributed by atoms with Crippen molar-refractivity contribution in [1.82, 2.24) is 15.5 Å². The maximum atomic E-state index is 11.9. The standard InChI is InChI=1S/C13H23N3O2/c1-3-7-14-13(18)11(2)15-10-12(17)16-8-5-4-6-9-16/h3,11,15H,1,4-10H2,2H3,(H,14,18). The van der Waals surface area contributed by atoms with Gasteiger partial charge in [0.25, 0.3) is 0 Å². The fourth-order valence-corrected chi connectivity index (χ4v) is 1.91. The molecule has 1 atom stereocenters. The molecule has 0 radical (unpaired) electrons. The predicted octanol–water partition coefficient (Wildman–Crippen LogP) is 0.279. The third-order valence-corrected chi connectivity index (χ3v) is 3.08. The summed E-state index contributed by atoms with van der Waals surface area (Å²) >= 11 is 0. The highest BCUT2D eigenvalue weighted by molar-refractivity contribution is 5.83. The summed E-state index contributed by atoms with van der Waals surface area (Å²) in [7, 11) is 0. The Balaban J connectivity index is 2.24. The predicted molar refractivity (Wildman–Crippen MR) is 71.1 cm³/mol. The molecule has 102 valence electrons. The minimum absolute atomic E-state index is 0.0815. The molecule has 1 rings (SSSR count). The Bertz CT molecular complexity index is 299. The van der Waals surface area contributed by atoms with Crippen molar-refractivity contribution in [2.45, 2.75) is 32.2 Å². The third kappa shape index (κ3) is 4.87. The van der Waals surface area contributed by atoms with Crippen molar-refractivity contribution in [2.24, 2.45) is 0 Å². The van der Waals surface area contributed by atoms with Crippen molar-refractivity contribution in [1.29, 1.82) is 0 Å². The Morgan fingerprint density at radius 1 is 1.33 bits per heavy atom. The van der Waals surface area contributed by atoms with Gasteiger partial charge in [-0.1, -0.05) is 6.08 Å². The molecule has 1 unspecified atom stereocenters. The molecule has 0 spiro atoms. The van der Waals surface area contributed by atoms with E-state index in [9.17, 15) is 9.59 Å². The molecule has 1 heterocycles. The van der Waals surface area contributed by atoms with Gasteiger partial charge in [-0.25, -0.2) is 0 Å². The van der Waals surface area contributed by atoms with Crippen molar-refractivity contribution in [3.8, 4) is 0 Å². The normalized spacial score (nSPS) is 17.1. The average molecular weight is 253 g/mol. The van der Waals surface area contributed by atoms with E-state index in [1.807, 2.05) is 4.90 Å². The third-order valence-electron chi connectivity index (χ3n) is 3.08. The van der Waals surface area contributed by atoms with Crippen LogP contribution in [0.15, 0.2) is 12.7 Å². The fourth-order valence-electron chi connectivity index (χ4n) is 1.91. The Hall–Kier alpha value is -1.36. The van der Waals surface area contributed by atoms with Gasteiger partial charge >= 0.3 is 0 Å². The maximum absolute atomic E-state index is 11.9. The highest BCUT2D eigenvalue weighted by Gasteiger charge is 2.18. The highest BCUT2D eigenvalue weighted by atomic mass is 16.2. The van der Waals surface area contributed by atoms with Crippen molar-refractivity contribution in [3.05, 3.63) is 12.7 Å². The Labute approximate surface area is 109 Å². The number of likely N-dealkylation sites (tertiary alicyclic amines) is 1. The number of amides is 2. The second kappa shape index (κ2) is 7.87. The van der Waals surface area contributed by atoms with Crippen LogP contribution >= 0.6 is 0 Å². The number of nitrogens with one attached hydrogen (secondary N) is 2. The van der Waals surface area contributed by atoms with E-state index in [0.29, 0.717) is 6.54 Å². The van der Waals surface area contributed by atoms with Crippen LogP contribution in [0, 0.1) is 0 Å². The van der Waals surface area contributed by atoms with Gasteiger partial charge in [-0.15, -0.1) is 6.58 Å². The summed E-state index contributed by atoms with van der Waals surface area (Å²) in [4.78, 5) is 25.3. The summed E-state index contributed by atoms with van der Waals surface area (Å²) in [6.45, 7) is 7.65. The molecule has 0 aromatic heterocycles. The number of carbonyl (C=O) groups is 2. The molecule has 1 saturated heterocycles. The lowest BCUT2D eigenvalue weighted by Crippen LogP contribution is -2.47. The monoisotopic (exact) mass is 253 g/mol. The number of rotatable bonds is 6. The lowest BCUT2D eigenvalue weighted by Gasteiger charge is -2.27. The molecule has 0 aromatic carbocycles. The molecule has 5 heteroatoms. The van der Waals surface area contributed by atoms with Crippen molar-refractivity contribution < 1.29 is 9.59 Å². The average Bonchev–Trinajstić information content (AvgIpc) is 2.42. The lowest BCUT2D eigenvalue weighted by atomic mass is 10.1. The van der Waals surface area contributed by atoms with E-state index in [2.05, 4.69) is 17.2 Å². The van der Waals surface area contributed by atoms with E-state index in [4.69, 9.17) is 0 Å². The van der Waals surface area contributed by atoms with Crippen LogP contribution in [0.2, 0.25) is 0 Å². The smallest absolute Gasteiger partial charge is 0.237 e. The van der Waals surface area contributed by atoms with Gasteiger partial charge in [0.05, 0.1) is 12.6 Å². The van der Waals surface area contributed by atoms with Crippen LogP contribution in [0.4, 0.5) is 0 Å².